The van der Waals surface area contributed by atoms with Crippen LogP contribution in [0.2, 0.25) is 0 Å². The highest BCUT2D eigenvalue weighted by Gasteiger charge is 2.31. The molecule has 0 saturated carbocycles. The van der Waals surface area contributed by atoms with Gasteiger partial charge < -0.3 is 10.6 Å². The Morgan fingerprint density at radius 2 is 2.18 bits per heavy atom. The lowest BCUT2D eigenvalue weighted by Crippen LogP contribution is -2.45. The van der Waals surface area contributed by atoms with E-state index in [0.717, 1.165) is 12.8 Å². The number of halogens is 3. The van der Waals surface area contributed by atoms with Crippen LogP contribution in [0.25, 0.3) is 0 Å². The van der Waals surface area contributed by atoms with Gasteiger partial charge in [-0.05, 0) is 25.7 Å². The largest absolute Gasteiger partial charge is 0.389 e. The summed E-state index contributed by atoms with van der Waals surface area (Å²) in [7, 11) is 0. The van der Waals surface area contributed by atoms with Crippen molar-refractivity contribution >= 4 is 5.91 Å². The molecule has 6 heteroatoms. The smallest absolute Gasteiger partial charge is 0.342 e. The van der Waals surface area contributed by atoms with Crippen LogP contribution in [-0.2, 0) is 4.79 Å². The van der Waals surface area contributed by atoms with Crippen LogP contribution in [0.5, 0.6) is 0 Å². The van der Waals surface area contributed by atoms with Crippen molar-refractivity contribution in [3.63, 3.8) is 0 Å². The first-order chi connectivity index (χ1) is 7.79. The van der Waals surface area contributed by atoms with Gasteiger partial charge in [-0.3, -0.25) is 4.79 Å². The molecule has 0 bridgehead atoms. The first kappa shape index (κ1) is 14.3. The molecule has 0 radical (unpaired) electrons. The van der Waals surface area contributed by atoms with Gasteiger partial charge in [-0.15, -0.1) is 0 Å². The van der Waals surface area contributed by atoms with Gasteiger partial charge in [-0.1, -0.05) is 0 Å². The Hall–Kier alpha value is -0.780. The zero-order chi connectivity index (χ0) is 13.1. The summed E-state index contributed by atoms with van der Waals surface area (Å²) >= 11 is 0. The number of hydrogen-bond acceptors (Lipinski definition) is 2. The Morgan fingerprint density at radius 3 is 2.71 bits per heavy atom. The van der Waals surface area contributed by atoms with Crippen LogP contribution < -0.4 is 5.73 Å². The fourth-order valence-corrected chi connectivity index (χ4v) is 2.07. The number of carbonyl (C=O) groups excluding carboxylic acids is 1. The number of hydrogen-bond donors (Lipinski definition) is 1. The van der Waals surface area contributed by atoms with Gasteiger partial charge in [-0.2, -0.15) is 13.2 Å². The van der Waals surface area contributed by atoms with E-state index in [2.05, 4.69) is 0 Å². The molecule has 1 rings (SSSR count). The molecule has 0 aromatic rings. The molecule has 1 saturated heterocycles. The van der Waals surface area contributed by atoms with Crippen molar-refractivity contribution < 1.29 is 18.0 Å². The van der Waals surface area contributed by atoms with Crippen molar-refractivity contribution in [1.29, 1.82) is 0 Å². The molecule has 3 nitrogen and oxygen atoms in total. The Balaban J connectivity index is 2.41. The second kappa shape index (κ2) is 5.71. The molecule has 2 atom stereocenters. The fourth-order valence-electron chi connectivity index (χ4n) is 2.07. The highest BCUT2D eigenvalue weighted by molar-refractivity contribution is 5.76. The minimum absolute atomic E-state index is 0.0202. The Bertz CT molecular complexity index is 266. The molecule has 0 aromatic carbocycles. The maximum Gasteiger partial charge on any atom is 0.389 e. The molecular formula is C11H19F3N2O. The molecule has 0 aliphatic carbocycles. The molecule has 0 unspecified atom stereocenters. The van der Waals surface area contributed by atoms with Crippen molar-refractivity contribution in [3.05, 3.63) is 0 Å². The molecule has 1 fully saturated rings. The third-order valence-corrected chi connectivity index (χ3v) is 3.18. The summed E-state index contributed by atoms with van der Waals surface area (Å²) < 4.78 is 36.0. The topological polar surface area (TPSA) is 46.3 Å². The predicted octanol–water partition coefficient (Wildman–Crippen LogP) is 1.91. The fraction of sp³-hybridized carbons (Fsp3) is 0.909. The molecule has 1 aliphatic rings. The van der Waals surface area contributed by atoms with Crippen molar-refractivity contribution in [2.45, 2.75) is 44.8 Å². The second-order valence-corrected chi connectivity index (χ2v) is 4.72. The van der Waals surface area contributed by atoms with Gasteiger partial charge in [0.25, 0.3) is 0 Å². The zero-order valence-corrected chi connectivity index (χ0v) is 9.96. The van der Waals surface area contributed by atoms with Crippen LogP contribution in [-0.4, -0.2) is 36.1 Å². The third kappa shape index (κ3) is 4.93. The maximum atomic E-state index is 12.0. The lowest BCUT2D eigenvalue weighted by molar-refractivity contribution is -0.150. The lowest BCUT2D eigenvalue weighted by Gasteiger charge is -2.34. The molecule has 0 spiro atoms. The highest BCUT2D eigenvalue weighted by Crippen LogP contribution is 2.24. The summed E-state index contributed by atoms with van der Waals surface area (Å²) in [6, 6.07) is -0.0202. The number of alkyl halides is 3. The minimum Gasteiger partial charge on any atom is -0.342 e. The summed E-state index contributed by atoms with van der Waals surface area (Å²) in [5.74, 6) is -0.203. The average molecular weight is 252 g/mol. The Kier molecular flexibility index (Phi) is 4.80. The number of likely N-dealkylation sites (tertiary alicyclic amines) is 1. The van der Waals surface area contributed by atoms with Crippen LogP contribution >= 0.6 is 0 Å². The van der Waals surface area contributed by atoms with E-state index in [1.165, 1.54) is 4.90 Å². The van der Waals surface area contributed by atoms with Gasteiger partial charge in [0, 0.05) is 25.6 Å². The molecule has 2 N–H and O–H groups in total. The third-order valence-electron chi connectivity index (χ3n) is 3.18. The lowest BCUT2D eigenvalue weighted by atomic mass is 9.92. The molecular weight excluding hydrogens is 233 g/mol. The Morgan fingerprint density at radius 1 is 1.53 bits per heavy atom. The molecule has 0 aromatic heterocycles. The minimum atomic E-state index is -4.26. The number of carbonyl (C=O) groups is 1. The quantitative estimate of drug-likeness (QED) is 0.834. The van der Waals surface area contributed by atoms with Crippen molar-refractivity contribution in [2.24, 2.45) is 11.7 Å². The number of nitrogens with zero attached hydrogens (tertiary/aromatic N) is 1. The van der Waals surface area contributed by atoms with Crippen LogP contribution in [0, 0.1) is 5.92 Å². The average Bonchev–Trinajstić information content (AvgIpc) is 2.25. The highest BCUT2D eigenvalue weighted by atomic mass is 19.4. The van der Waals surface area contributed by atoms with E-state index >= 15 is 0 Å². The number of rotatable bonds is 3. The van der Waals surface area contributed by atoms with Crippen LogP contribution in [0.4, 0.5) is 13.2 Å². The summed E-state index contributed by atoms with van der Waals surface area (Å²) in [6.07, 6.45) is -3.98. The van der Waals surface area contributed by atoms with Gasteiger partial charge >= 0.3 is 6.18 Å². The van der Waals surface area contributed by atoms with E-state index in [1.807, 2.05) is 6.92 Å². The molecule has 1 aliphatic heterocycles. The van der Waals surface area contributed by atoms with E-state index in [9.17, 15) is 18.0 Å². The SMILES string of the molecule is C[C@@H](N)[C@H]1CCCN(C(=O)CCC(F)(F)F)C1. The molecule has 17 heavy (non-hydrogen) atoms. The van der Waals surface area contributed by atoms with Gasteiger partial charge in [0.15, 0.2) is 0 Å². The van der Waals surface area contributed by atoms with E-state index in [1.54, 1.807) is 0 Å². The van der Waals surface area contributed by atoms with Gasteiger partial charge in [0.1, 0.15) is 0 Å². The number of nitrogens with two attached hydrogens (primary N) is 1. The van der Waals surface area contributed by atoms with Crippen molar-refractivity contribution in [1.82, 2.24) is 4.90 Å². The summed E-state index contributed by atoms with van der Waals surface area (Å²) in [5, 5.41) is 0. The van der Waals surface area contributed by atoms with Gasteiger partial charge in [0.2, 0.25) is 5.91 Å². The van der Waals surface area contributed by atoms with Gasteiger partial charge in [0.05, 0.1) is 6.42 Å². The Labute approximate surface area is 99.1 Å². The number of amides is 1. The normalized spacial score (nSPS) is 23.6. The van der Waals surface area contributed by atoms with E-state index in [0.29, 0.717) is 13.1 Å². The van der Waals surface area contributed by atoms with Crippen LogP contribution in [0.3, 0.4) is 0 Å². The van der Waals surface area contributed by atoms with E-state index in [-0.39, 0.29) is 12.0 Å². The second-order valence-electron chi connectivity index (χ2n) is 4.72. The van der Waals surface area contributed by atoms with Crippen LogP contribution in [0.15, 0.2) is 0 Å². The van der Waals surface area contributed by atoms with E-state index < -0.39 is 24.9 Å². The summed E-state index contributed by atoms with van der Waals surface area (Å²) in [4.78, 5) is 13.1. The number of piperidine rings is 1. The van der Waals surface area contributed by atoms with E-state index in [4.69, 9.17) is 5.73 Å². The monoisotopic (exact) mass is 252 g/mol. The molecule has 1 heterocycles. The molecule has 100 valence electrons. The first-order valence-corrected chi connectivity index (χ1v) is 5.89. The standard InChI is InChI=1S/C11H19F3N2O/c1-8(15)9-3-2-6-16(7-9)10(17)4-5-11(12,13)14/h8-9H,2-7,15H2,1H3/t8-,9+/m1/s1. The predicted molar refractivity (Wildman–Crippen MR) is 58.2 cm³/mol. The van der Waals surface area contributed by atoms with Gasteiger partial charge in [-0.25, -0.2) is 0 Å². The first-order valence-electron chi connectivity index (χ1n) is 5.89. The maximum absolute atomic E-state index is 12.0. The van der Waals surface area contributed by atoms with Crippen molar-refractivity contribution in [2.75, 3.05) is 13.1 Å². The zero-order valence-electron chi connectivity index (χ0n) is 9.96. The summed E-state index contributed by atoms with van der Waals surface area (Å²) in [5.41, 5.74) is 5.75. The summed E-state index contributed by atoms with van der Waals surface area (Å²) in [6.45, 7) is 2.92. The molecule has 1 amide bonds. The van der Waals surface area contributed by atoms with Crippen molar-refractivity contribution in [3.8, 4) is 0 Å². The van der Waals surface area contributed by atoms with Crippen LogP contribution in [0.1, 0.15) is 32.6 Å².